The quantitative estimate of drug-likeness (QED) is 0.646. The summed E-state index contributed by atoms with van der Waals surface area (Å²) in [5, 5.41) is 3.26. The van der Waals surface area contributed by atoms with E-state index in [-0.39, 0.29) is 11.3 Å². The van der Waals surface area contributed by atoms with Gasteiger partial charge in [-0.25, -0.2) is 0 Å². The molecule has 3 atom stereocenters. The number of rotatable bonds is 4. The van der Waals surface area contributed by atoms with E-state index >= 15 is 0 Å². The highest BCUT2D eigenvalue weighted by atomic mass is 16.2. The molecular formula is C18H23N3O3. The van der Waals surface area contributed by atoms with E-state index in [2.05, 4.69) is 17.5 Å². The predicted octanol–water partition coefficient (Wildman–Crippen LogP) is 0.575. The average Bonchev–Trinajstić information content (AvgIpc) is 3.20. The molecule has 0 aromatic heterocycles. The number of nitrogens with zero attached hydrogens (tertiary/aromatic N) is 2. The third kappa shape index (κ3) is 2.44. The van der Waals surface area contributed by atoms with Crippen LogP contribution in [-0.4, -0.2) is 43.5 Å². The normalized spacial score (nSPS) is 28.8. The lowest BCUT2D eigenvalue weighted by atomic mass is 9.93. The molecule has 2 aliphatic carbocycles. The molecule has 0 spiro atoms. The van der Waals surface area contributed by atoms with E-state index in [0.717, 1.165) is 6.54 Å². The van der Waals surface area contributed by atoms with E-state index in [1.807, 2.05) is 4.90 Å². The highest BCUT2D eigenvalue weighted by Crippen LogP contribution is 2.43. The van der Waals surface area contributed by atoms with Crippen molar-refractivity contribution in [1.82, 2.24) is 4.90 Å². The predicted molar refractivity (Wildman–Crippen MR) is 93.2 cm³/mol. The molecule has 24 heavy (non-hydrogen) atoms. The second-order valence-electron chi connectivity index (χ2n) is 7.30. The van der Waals surface area contributed by atoms with Crippen molar-refractivity contribution in [1.29, 1.82) is 0 Å². The summed E-state index contributed by atoms with van der Waals surface area (Å²) in [6.07, 6.45) is 7.01. The molecule has 3 unspecified atom stereocenters. The van der Waals surface area contributed by atoms with Gasteiger partial charge in [0.05, 0.1) is 0 Å². The number of carbonyl (C=O) groups excluding carboxylic acids is 1. The highest BCUT2D eigenvalue weighted by molar-refractivity contribution is 5.77. The van der Waals surface area contributed by atoms with E-state index in [0.29, 0.717) is 55.3 Å². The van der Waals surface area contributed by atoms with Gasteiger partial charge in [-0.15, -0.1) is 0 Å². The summed E-state index contributed by atoms with van der Waals surface area (Å²) in [5.74, 6) is 1.94. The number of hydrogen-bond acceptors (Lipinski definition) is 5. The Morgan fingerprint density at radius 3 is 2.46 bits per heavy atom. The van der Waals surface area contributed by atoms with E-state index in [1.165, 1.54) is 12.8 Å². The molecule has 4 rings (SSSR count). The number of nitrogens with one attached hydrogen (secondary N) is 1. The van der Waals surface area contributed by atoms with E-state index in [1.54, 1.807) is 11.8 Å². The molecular weight excluding hydrogens is 306 g/mol. The fourth-order valence-corrected chi connectivity index (χ4v) is 4.45. The molecule has 1 saturated carbocycles. The van der Waals surface area contributed by atoms with Crippen LogP contribution in [0.5, 0.6) is 0 Å². The Labute approximate surface area is 140 Å². The van der Waals surface area contributed by atoms with Gasteiger partial charge < -0.3 is 15.1 Å². The maximum absolute atomic E-state index is 12.0. The second-order valence-corrected chi connectivity index (χ2v) is 7.30. The number of fused-ring (bicyclic) bond motifs is 2. The molecule has 3 aliphatic rings. The van der Waals surface area contributed by atoms with Crippen LogP contribution in [0.1, 0.15) is 19.8 Å². The van der Waals surface area contributed by atoms with Crippen LogP contribution >= 0.6 is 0 Å². The molecule has 1 heterocycles. The van der Waals surface area contributed by atoms with Crippen molar-refractivity contribution in [2.24, 2.45) is 17.8 Å². The van der Waals surface area contributed by atoms with Gasteiger partial charge >= 0.3 is 0 Å². The molecule has 0 radical (unpaired) electrons. The standard InChI is InChI=1S/C18H23N3O3/c1-11(22)20-4-6-21(7-5-20)16-15(17(23)18(16)24)19-10-14-9-12-2-3-13(14)8-12/h2-3,12-14,19H,4-10H2,1H3. The van der Waals surface area contributed by atoms with E-state index in [9.17, 15) is 14.4 Å². The van der Waals surface area contributed by atoms with Gasteiger partial charge in [-0.05, 0) is 30.6 Å². The Morgan fingerprint density at radius 2 is 1.88 bits per heavy atom. The molecule has 1 aromatic rings. The monoisotopic (exact) mass is 329 g/mol. The van der Waals surface area contributed by atoms with Gasteiger partial charge in [0.25, 0.3) is 10.9 Å². The Kier molecular flexibility index (Phi) is 3.70. The SMILES string of the molecule is CC(=O)N1CCN(c2c(NCC3CC4C=CC3C4)c(=O)c2=O)CC1. The van der Waals surface area contributed by atoms with Crippen molar-refractivity contribution in [2.45, 2.75) is 19.8 Å². The lowest BCUT2D eigenvalue weighted by molar-refractivity contribution is -0.129. The molecule has 6 heteroatoms. The van der Waals surface area contributed by atoms with Crippen molar-refractivity contribution >= 4 is 17.3 Å². The highest BCUT2D eigenvalue weighted by Gasteiger charge is 2.36. The van der Waals surface area contributed by atoms with Crippen molar-refractivity contribution in [3.8, 4) is 0 Å². The van der Waals surface area contributed by atoms with Crippen molar-refractivity contribution < 1.29 is 4.79 Å². The lowest BCUT2D eigenvalue weighted by Crippen LogP contribution is -2.52. The molecule has 128 valence electrons. The Bertz CT molecular complexity index is 754. The summed E-state index contributed by atoms with van der Waals surface area (Å²) in [6.45, 7) is 4.74. The van der Waals surface area contributed by atoms with Crippen molar-refractivity contribution in [3.05, 3.63) is 32.6 Å². The molecule has 2 bridgehead atoms. The zero-order valence-corrected chi connectivity index (χ0v) is 14.0. The largest absolute Gasteiger partial charge is 0.380 e. The fraction of sp³-hybridized carbons (Fsp3) is 0.611. The molecule has 1 saturated heterocycles. The minimum atomic E-state index is -0.391. The van der Waals surface area contributed by atoms with Gasteiger partial charge in [0, 0.05) is 39.6 Å². The van der Waals surface area contributed by atoms with Crippen LogP contribution in [-0.2, 0) is 4.79 Å². The average molecular weight is 329 g/mol. The molecule has 1 amide bonds. The first-order valence-electron chi connectivity index (χ1n) is 8.80. The topological polar surface area (TPSA) is 69.7 Å². The Balaban J connectivity index is 1.41. The third-order valence-electron chi connectivity index (χ3n) is 5.88. The first-order valence-corrected chi connectivity index (χ1v) is 8.80. The van der Waals surface area contributed by atoms with Crippen LogP contribution < -0.4 is 21.1 Å². The number of allylic oxidation sites excluding steroid dienone is 2. The minimum absolute atomic E-state index is 0.0577. The molecule has 2 fully saturated rings. The van der Waals surface area contributed by atoms with Crippen LogP contribution in [0.3, 0.4) is 0 Å². The molecule has 6 nitrogen and oxygen atoms in total. The smallest absolute Gasteiger partial charge is 0.253 e. The van der Waals surface area contributed by atoms with Gasteiger partial charge in [-0.3, -0.25) is 14.4 Å². The van der Waals surface area contributed by atoms with Gasteiger partial charge in [0.15, 0.2) is 0 Å². The number of carbonyl (C=O) groups is 1. The van der Waals surface area contributed by atoms with Crippen LogP contribution in [0.4, 0.5) is 11.4 Å². The summed E-state index contributed by atoms with van der Waals surface area (Å²) in [6, 6.07) is 0. The maximum atomic E-state index is 12.0. The summed E-state index contributed by atoms with van der Waals surface area (Å²) < 4.78 is 0. The summed E-state index contributed by atoms with van der Waals surface area (Å²) in [4.78, 5) is 39.1. The van der Waals surface area contributed by atoms with E-state index < -0.39 is 5.43 Å². The van der Waals surface area contributed by atoms with Crippen LogP contribution in [0.25, 0.3) is 0 Å². The molecule has 1 aromatic carbocycles. The maximum Gasteiger partial charge on any atom is 0.253 e. The van der Waals surface area contributed by atoms with Gasteiger partial charge in [-0.1, -0.05) is 12.2 Å². The van der Waals surface area contributed by atoms with Gasteiger partial charge in [0.2, 0.25) is 5.91 Å². The number of piperazine rings is 1. The first kappa shape index (κ1) is 15.4. The van der Waals surface area contributed by atoms with Gasteiger partial charge in [-0.2, -0.15) is 0 Å². The summed E-state index contributed by atoms with van der Waals surface area (Å²) in [5.41, 5.74) is 0.240. The molecule has 1 N–H and O–H groups in total. The number of amides is 1. The zero-order valence-electron chi connectivity index (χ0n) is 14.0. The van der Waals surface area contributed by atoms with Crippen molar-refractivity contribution in [2.75, 3.05) is 42.9 Å². The summed E-state index contributed by atoms with van der Waals surface area (Å²) in [7, 11) is 0. The molecule has 1 aliphatic heterocycles. The van der Waals surface area contributed by atoms with Crippen LogP contribution in [0.2, 0.25) is 0 Å². The zero-order chi connectivity index (χ0) is 16.8. The Morgan fingerprint density at radius 1 is 1.12 bits per heavy atom. The second kappa shape index (κ2) is 5.76. The van der Waals surface area contributed by atoms with Crippen LogP contribution in [0, 0.1) is 17.8 Å². The number of anilines is 2. The Hall–Kier alpha value is -2.11. The number of hydrogen-bond donors (Lipinski definition) is 1. The van der Waals surface area contributed by atoms with E-state index in [4.69, 9.17) is 0 Å². The fourth-order valence-electron chi connectivity index (χ4n) is 4.45. The minimum Gasteiger partial charge on any atom is -0.380 e. The lowest BCUT2D eigenvalue weighted by Gasteiger charge is -2.36. The summed E-state index contributed by atoms with van der Waals surface area (Å²) >= 11 is 0. The first-order chi connectivity index (χ1) is 11.5. The van der Waals surface area contributed by atoms with Crippen LogP contribution in [0.15, 0.2) is 21.7 Å². The van der Waals surface area contributed by atoms with Gasteiger partial charge in [0.1, 0.15) is 11.4 Å². The van der Waals surface area contributed by atoms with Crippen molar-refractivity contribution in [3.63, 3.8) is 0 Å². The third-order valence-corrected chi connectivity index (χ3v) is 5.88.